The third-order valence-electron chi connectivity index (χ3n) is 6.97. The number of aryl methyl sites for hydroxylation is 1. The second-order valence-electron chi connectivity index (χ2n) is 10.4. The number of para-hydroxylation sites is 1. The number of nitrogen functional groups attached to an aromatic ring is 2. The van der Waals surface area contributed by atoms with Gasteiger partial charge in [0.25, 0.3) is 0 Å². The zero-order valence-corrected chi connectivity index (χ0v) is 26.2. The lowest BCUT2D eigenvalue weighted by Gasteiger charge is -2.27. The molecule has 3 aromatic rings. The van der Waals surface area contributed by atoms with Gasteiger partial charge in [0.15, 0.2) is 17.7 Å². The number of rotatable bonds is 14. The van der Waals surface area contributed by atoms with Crippen molar-refractivity contribution in [3.63, 3.8) is 0 Å². The first-order valence-electron chi connectivity index (χ1n) is 14.2. The molecule has 2 unspecified atom stereocenters. The number of hydrogen-bond acceptors (Lipinski definition) is 15. The summed E-state index contributed by atoms with van der Waals surface area (Å²) in [7, 11) is -4.43. The number of aliphatic hydroxyl groups is 2. The van der Waals surface area contributed by atoms with Gasteiger partial charge in [-0.15, -0.1) is 0 Å². The number of nitrogens with two attached hydrogens (primary N) is 2. The summed E-state index contributed by atoms with van der Waals surface area (Å²) in [6.45, 7) is 5.81. The van der Waals surface area contributed by atoms with Crippen LogP contribution in [-0.4, -0.2) is 85.3 Å². The highest BCUT2D eigenvalue weighted by molar-refractivity contribution is 7.52. The van der Waals surface area contributed by atoms with Gasteiger partial charge in [-0.25, -0.2) is 9.55 Å². The average molecular weight is 652 g/mol. The van der Waals surface area contributed by atoms with Crippen molar-refractivity contribution in [1.82, 2.24) is 24.6 Å². The molecule has 6 atom stereocenters. The maximum atomic E-state index is 14.2. The molecule has 18 heteroatoms. The molecule has 7 N–H and O–H groups in total. The van der Waals surface area contributed by atoms with E-state index < -0.39 is 56.4 Å². The first-order chi connectivity index (χ1) is 21.3. The van der Waals surface area contributed by atoms with Gasteiger partial charge < -0.3 is 40.4 Å². The molecular weight excluding hydrogens is 613 g/mol. The zero-order chi connectivity index (χ0) is 32.9. The Bertz CT molecular complexity index is 1570. The first-order valence-corrected chi connectivity index (χ1v) is 15.8. The van der Waals surface area contributed by atoms with E-state index in [4.69, 9.17) is 34.7 Å². The second-order valence-corrected chi connectivity index (χ2v) is 12.1. The number of anilines is 2. The quantitative estimate of drug-likeness (QED) is 0.122. The molecule has 1 saturated heterocycles. The summed E-state index contributed by atoms with van der Waals surface area (Å²) in [5.74, 6) is -1.14. The molecule has 0 bridgehead atoms. The summed E-state index contributed by atoms with van der Waals surface area (Å²) in [6.07, 6.45) is -2.53. The molecule has 0 aliphatic carbocycles. The number of carbonyl (C=O) groups is 2. The van der Waals surface area contributed by atoms with Crippen LogP contribution < -0.4 is 21.1 Å². The van der Waals surface area contributed by atoms with Crippen LogP contribution in [0.4, 0.5) is 11.8 Å². The van der Waals surface area contributed by atoms with Gasteiger partial charge >= 0.3 is 19.7 Å². The second kappa shape index (κ2) is 14.1. The van der Waals surface area contributed by atoms with Gasteiger partial charge in [0.05, 0.1) is 26.1 Å². The molecule has 1 aliphatic rings. The van der Waals surface area contributed by atoms with Crippen LogP contribution in [0, 0.1) is 0 Å². The maximum absolute atomic E-state index is 14.2. The van der Waals surface area contributed by atoms with Gasteiger partial charge in [-0.1, -0.05) is 18.2 Å². The van der Waals surface area contributed by atoms with Crippen molar-refractivity contribution in [3.05, 3.63) is 36.2 Å². The summed E-state index contributed by atoms with van der Waals surface area (Å²) in [4.78, 5) is 36.5. The molecule has 4 rings (SSSR count). The van der Waals surface area contributed by atoms with Crippen molar-refractivity contribution in [2.75, 3.05) is 31.3 Å². The minimum atomic E-state index is -4.43. The minimum absolute atomic E-state index is 0.0109. The Kier molecular flexibility index (Phi) is 10.6. The number of ether oxygens (including phenoxy) is 3. The molecular formula is C27H38N7O10P. The third kappa shape index (κ3) is 7.69. The normalized spacial score (nSPS) is 23.4. The highest BCUT2D eigenvalue weighted by Gasteiger charge is 2.54. The van der Waals surface area contributed by atoms with Crippen LogP contribution in [0.3, 0.4) is 0 Å². The Morgan fingerprint density at radius 1 is 1.20 bits per heavy atom. The standard InChI is InChI=1S/C27H38N7O10P/c1-5-40-19(35)12-11-16-9-7-8-10-17(16)44-45(39,33-15(3)24(37)41-6-2)42-13-18-21(36)27(4,38)25(43-18)34-14-30-20-22(28)31-26(29)32-23(20)34/h7-10,14-15,18,21,25,36,38H,5-6,11-13H2,1-4H3,(H,33,39)(H4,28,29,31,32)/t15-,18-,21?,25-,27-,45?/m1/s1. The summed E-state index contributed by atoms with van der Waals surface area (Å²) in [5.41, 5.74) is 10.6. The van der Waals surface area contributed by atoms with Gasteiger partial charge in [-0.05, 0) is 45.7 Å². The topological polar surface area (TPSA) is 245 Å². The first kappa shape index (κ1) is 34.0. The van der Waals surface area contributed by atoms with E-state index in [9.17, 15) is 24.4 Å². The number of imidazole rings is 1. The van der Waals surface area contributed by atoms with Gasteiger partial charge in [-0.3, -0.25) is 18.7 Å². The smallest absolute Gasteiger partial charge is 0.459 e. The number of nitrogens with zero attached hydrogens (tertiary/aromatic N) is 4. The Hall–Kier alpha value is -3.86. The lowest BCUT2D eigenvalue weighted by atomic mass is 9.96. The lowest BCUT2D eigenvalue weighted by Crippen LogP contribution is -2.44. The van der Waals surface area contributed by atoms with E-state index >= 15 is 0 Å². The molecule has 1 aromatic carbocycles. The Balaban J connectivity index is 1.57. The molecule has 17 nitrogen and oxygen atoms in total. The van der Waals surface area contributed by atoms with E-state index in [-0.39, 0.29) is 54.7 Å². The monoisotopic (exact) mass is 651 g/mol. The maximum Gasteiger partial charge on any atom is 0.459 e. The van der Waals surface area contributed by atoms with Crippen LogP contribution in [0.2, 0.25) is 0 Å². The summed E-state index contributed by atoms with van der Waals surface area (Å²) in [5, 5.41) is 24.9. The molecule has 45 heavy (non-hydrogen) atoms. The summed E-state index contributed by atoms with van der Waals surface area (Å²) >= 11 is 0. The molecule has 0 amide bonds. The molecule has 3 heterocycles. The highest BCUT2D eigenvalue weighted by atomic mass is 31.2. The summed E-state index contributed by atoms with van der Waals surface area (Å²) < 4.78 is 43.1. The Morgan fingerprint density at radius 3 is 2.62 bits per heavy atom. The fraction of sp³-hybridized carbons (Fsp3) is 0.519. The molecule has 0 radical (unpaired) electrons. The van der Waals surface area contributed by atoms with Crippen molar-refractivity contribution in [1.29, 1.82) is 0 Å². The van der Waals surface area contributed by atoms with Crippen molar-refractivity contribution in [2.24, 2.45) is 0 Å². The largest absolute Gasteiger partial charge is 0.466 e. The van der Waals surface area contributed by atoms with E-state index in [1.165, 1.54) is 30.8 Å². The molecule has 246 valence electrons. The van der Waals surface area contributed by atoms with Gasteiger partial charge in [0, 0.05) is 6.42 Å². The van der Waals surface area contributed by atoms with Gasteiger partial charge in [-0.2, -0.15) is 15.1 Å². The van der Waals surface area contributed by atoms with Crippen molar-refractivity contribution < 1.29 is 47.6 Å². The van der Waals surface area contributed by atoms with Crippen LogP contribution in [0.15, 0.2) is 30.6 Å². The Labute approximate surface area is 258 Å². The van der Waals surface area contributed by atoms with E-state index in [1.54, 1.807) is 32.0 Å². The van der Waals surface area contributed by atoms with E-state index in [0.717, 1.165) is 0 Å². The molecule has 1 fully saturated rings. The number of aliphatic hydroxyl groups excluding tert-OH is 1. The van der Waals surface area contributed by atoms with E-state index in [2.05, 4.69) is 20.0 Å². The molecule has 0 spiro atoms. The average Bonchev–Trinajstić information content (AvgIpc) is 3.49. The SMILES string of the molecule is CCOC(=O)CCc1ccccc1OP(=O)(N[C@H](C)C(=O)OCC)OC[C@H]1O[C@@H](n2cnc3c(N)nc(N)nc32)[C@](C)(O)C1O. The van der Waals surface area contributed by atoms with E-state index in [1.807, 2.05) is 0 Å². The fourth-order valence-corrected chi connectivity index (χ4v) is 6.26. The number of hydrogen-bond donors (Lipinski definition) is 5. The molecule has 0 saturated carbocycles. The number of benzene rings is 1. The lowest BCUT2D eigenvalue weighted by molar-refractivity contribution is -0.145. The molecule has 1 aliphatic heterocycles. The predicted molar refractivity (Wildman–Crippen MR) is 160 cm³/mol. The van der Waals surface area contributed by atoms with Crippen molar-refractivity contribution >= 4 is 42.6 Å². The molecule has 2 aromatic heterocycles. The minimum Gasteiger partial charge on any atom is -0.466 e. The Morgan fingerprint density at radius 2 is 1.91 bits per heavy atom. The van der Waals surface area contributed by atoms with Crippen molar-refractivity contribution in [3.8, 4) is 5.75 Å². The van der Waals surface area contributed by atoms with Gasteiger partial charge in [0.2, 0.25) is 5.95 Å². The highest BCUT2D eigenvalue weighted by Crippen LogP contribution is 2.48. The zero-order valence-electron chi connectivity index (χ0n) is 25.3. The van der Waals surface area contributed by atoms with Crippen LogP contribution in [0.25, 0.3) is 11.2 Å². The van der Waals surface area contributed by atoms with Gasteiger partial charge in [0.1, 0.15) is 35.1 Å². The van der Waals surface area contributed by atoms with E-state index in [0.29, 0.717) is 5.56 Å². The number of nitrogens with one attached hydrogen (secondary N) is 1. The van der Waals surface area contributed by atoms with Crippen LogP contribution >= 0.6 is 7.75 Å². The van der Waals surface area contributed by atoms with Crippen LogP contribution in [0.5, 0.6) is 5.75 Å². The summed E-state index contributed by atoms with van der Waals surface area (Å²) in [6, 6.07) is 5.41. The van der Waals surface area contributed by atoms with Crippen LogP contribution in [-0.2, 0) is 39.3 Å². The predicted octanol–water partition coefficient (Wildman–Crippen LogP) is 1.24. The van der Waals surface area contributed by atoms with Crippen molar-refractivity contribution in [2.45, 2.75) is 70.6 Å². The number of fused-ring (bicyclic) bond motifs is 1. The third-order valence-corrected chi connectivity index (χ3v) is 8.60. The number of aromatic nitrogens is 4. The number of esters is 2. The fourth-order valence-electron chi connectivity index (χ4n) is 4.72. The number of carbonyl (C=O) groups excluding carboxylic acids is 2. The van der Waals surface area contributed by atoms with Crippen LogP contribution in [0.1, 0.15) is 45.9 Å².